The van der Waals surface area contributed by atoms with Crippen molar-refractivity contribution in [3.8, 4) is 0 Å². The van der Waals surface area contributed by atoms with E-state index in [2.05, 4.69) is 10.4 Å². The van der Waals surface area contributed by atoms with Gasteiger partial charge in [0.05, 0.1) is 23.2 Å². The molecule has 2 atom stereocenters. The zero-order chi connectivity index (χ0) is 28.0. The second-order valence-electron chi connectivity index (χ2n) is 9.04. The Labute approximate surface area is 212 Å². The van der Waals surface area contributed by atoms with Crippen molar-refractivity contribution >= 4 is 17.7 Å². The molecule has 1 aliphatic rings. The first kappa shape index (κ1) is 27.0. The molecule has 0 saturated heterocycles. The Hall–Kier alpha value is -4.03. The number of aromatic nitrogens is 2. The smallest absolute Gasteiger partial charge is 0.436 e. The lowest BCUT2D eigenvalue weighted by Gasteiger charge is -2.21. The first-order valence-electron chi connectivity index (χ1n) is 11.4. The van der Waals surface area contributed by atoms with Crippen molar-refractivity contribution in [2.75, 3.05) is 11.4 Å². The van der Waals surface area contributed by atoms with Crippen molar-refractivity contribution in [3.63, 3.8) is 0 Å². The summed E-state index contributed by atoms with van der Waals surface area (Å²) in [5.41, 5.74) is -2.38. The number of anilines is 1. The SMILES string of the molecule is CC1CN(Cc2cccc(C(F)(F)F)c2)c2c(C(=O)N[C@@H](C)c3ccc(C(=O)O)cc3)c(C(F)(F)F)nn21. The van der Waals surface area contributed by atoms with Crippen molar-refractivity contribution in [3.05, 3.63) is 82.0 Å². The van der Waals surface area contributed by atoms with Gasteiger partial charge in [-0.05, 0) is 49.2 Å². The Bertz CT molecular complexity index is 1360. The van der Waals surface area contributed by atoms with Crippen LogP contribution in [0, 0.1) is 0 Å². The van der Waals surface area contributed by atoms with Crippen LogP contribution < -0.4 is 10.2 Å². The third-order valence-corrected chi connectivity index (χ3v) is 6.22. The quantitative estimate of drug-likeness (QED) is 0.393. The Morgan fingerprint density at radius 1 is 1.08 bits per heavy atom. The van der Waals surface area contributed by atoms with E-state index in [1.807, 2.05) is 0 Å². The van der Waals surface area contributed by atoms with Crippen LogP contribution in [0.4, 0.5) is 32.2 Å². The molecule has 4 rings (SSSR count). The molecule has 2 heterocycles. The lowest BCUT2D eigenvalue weighted by atomic mass is 10.1. The summed E-state index contributed by atoms with van der Waals surface area (Å²) >= 11 is 0. The number of carboxylic acids is 1. The zero-order valence-corrected chi connectivity index (χ0v) is 20.1. The van der Waals surface area contributed by atoms with Crippen molar-refractivity contribution in [1.29, 1.82) is 0 Å². The topological polar surface area (TPSA) is 87.5 Å². The van der Waals surface area contributed by atoms with Gasteiger partial charge in [0.2, 0.25) is 0 Å². The highest BCUT2D eigenvalue weighted by molar-refractivity contribution is 6.01. The van der Waals surface area contributed by atoms with E-state index in [1.54, 1.807) is 6.92 Å². The van der Waals surface area contributed by atoms with Crippen LogP contribution in [0.1, 0.15) is 69.0 Å². The van der Waals surface area contributed by atoms with Gasteiger partial charge in [-0.3, -0.25) is 4.79 Å². The highest BCUT2D eigenvalue weighted by Gasteiger charge is 2.45. The molecule has 0 aliphatic carbocycles. The molecular formula is C25H22F6N4O3. The van der Waals surface area contributed by atoms with E-state index >= 15 is 0 Å². The van der Waals surface area contributed by atoms with E-state index in [1.165, 1.54) is 48.2 Å². The second kappa shape index (κ2) is 9.69. The number of alkyl halides is 6. The van der Waals surface area contributed by atoms with Crippen LogP contribution in [0.2, 0.25) is 0 Å². The number of benzene rings is 2. The number of nitrogens with zero attached hydrogens (tertiary/aromatic N) is 3. The Morgan fingerprint density at radius 3 is 2.32 bits per heavy atom. The highest BCUT2D eigenvalue weighted by Crippen LogP contribution is 2.41. The number of hydrogen-bond donors (Lipinski definition) is 2. The molecule has 2 aromatic carbocycles. The number of hydrogen-bond acceptors (Lipinski definition) is 4. The third kappa shape index (κ3) is 5.31. The Kier molecular flexibility index (Phi) is 6.89. The lowest BCUT2D eigenvalue weighted by molar-refractivity contribution is -0.142. The van der Waals surface area contributed by atoms with Crippen molar-refractivity contribution in [1.82, 2.24) is 15.1 Å². The van der Waals surface area contributed by atoms with Gasteiger partial charge in [-0.1, -0.05) is 24.3 Å². The van der Waals surface area contributed by atoms with Crippen LogP contribution in [0.15, 0.2) is 48.5 Å². The summed E-state index contributed by atoms with van der Waals surface area (Å²) in [5, 5.41) is 15.2. The fraction of sp³-hybridized carbons (Fsp3) is 0.320. The number of halogens is 6. The summed E-state index contributed by atoms with van der Waals surface area (Å²) in [7, 11) is 0. The molecule has 0 bridgehead atoms. The summed E-state index contributed by atoms with van der Waals surface area (Å²) < 4.78 is 82.5. The normalized spacial score (nSPS) is 16.3. The number of carbonyl (C=O) groups is 2. The molecule has 7 nitrogen and oxygen atoms in total. The van der Waals surface area contributed by atoms with Crippen LogP contribution in [0.25, 0.3) is 0 Å². The number of aromatic carboxylic acids is 1. The van der Waals surface area contributed by atoms with E-state index in [0.29, 0.717) is 5.56 Å². The lowest BCUT2D eigenvalue weighted by Crippen LogP contribution is -2.31. The molecule has 2 N–H and O–H groups in total. The monoisotopic (exact) mass is 540 g/mol. The second-order valence-corrected chi connectivity index (χ2v) is 9.04. The predicted octanol–water partition coefficient (Wildman–Crippen LogP) is 5.69. The maximum absolute atomic E-state index is 14.0. The van der Waals surface area contributed by atoms with Crippen LogP contribution in [0.3, 0.4) is 0 Å². The van der Waals surface area contributed by atoms with Gasteiger partial charge in [0.1, 0.15) is 11.4 Å². The van der Waals surface area contributed by atoms with Crippen LogP contribution in [-0.4, -0.2) is 33.3 Å². The number of fused-ring (bicyclic) bond motifs is 1. The minimum atomic E-state index is -4.97. The molecule has 202 valence electrons. The molecule has 38 heavy (non-hydrogen) atoms. The molecule has 0 fully saturated rings. The van der Waals surface area contributed by atoms with E-state index in [0.717, 1.165) is 16.8 Å². The molecule has 13 heteroatoms. The first-order valence-corrected chi connectivity index (χ1v) is 11.4. The van der Waals surface area contributed by atoms with Crippen LogP contribution in [0.5, 0.6) is 0 Å². The number of rotatable bonds is 6. The van der Waals surface area contributed by atoms with E-state index in [4.69, 9.17) is 5.11 Å². The maximum atomic E-state index is 14.0. The van der Waals surface area contributed by atoms with E-state index < -0.39 is 53.1 Å². The molecule has 1 unspecified atom stereocenters. The molecule has 0 radical (unpaired) electrons. The van der Waals surface area contributed by atoms with Gasteiger partial charge >= 0.3 is 18.3 Å². The fourth-order valence-corrected chi connectivity index (χ4v) is 4.40. The van der Waals surface area contributed by atoms with E-state index in [-0.39, 0.29) is 30.0 Å². The number of carbonyl (C=O) groups excluding carboxylic acids is 1. The summed E-state index contributed by atoms with van der Waals surface area (Å²) in [4.78, 5) is 25.7. The molecule has 1 aromatic heterocycles. The zero-order valence-electron chi connectivity index (χ0n) is 20.1. The van der Waals surface area contributed by atoms with Gasteiger partial charge in [-0.2, -0.15) is 31.4 Å². The van der Waals surface area contributed by atoms with Crippen LogP contribution in [-0.2, 0) is 18.9 Å². The van der Waals surface area contributed by atoms with Gasteiger partial charge in [0.15, 0.2) is 5.69 Å². The molecule has 0 saturated carbocycles. The predicted molar refractivity (Wildman–Crippen MR) is 124 cm³/mol. The molecule has 3 aromatic rings. The van der Waals surface area contributed by atoms with Gasteiger partial charge in [-0.15, -0.1) is 0 Å². The van der Waals surface area contributed by atoms with Gasteiger partial charge in [-0.25, -0.2) is 9.48 Å². The summed E-state index contributed by atoms with van der Waals surface area (Å²) in [5.74, 6) is -2.38. The standard InChI is InChI=1S/C25H22F6N4O3/c1-13-11-34(12-15-4-3-5-18(10-15)24(26,27)28)22-19(20(25(29,30)31)33-35(13)22)21(36)32-14(2)16-6-8-17(9-7-16)23(37)38/h3-10,13-14H,11-12H2,1-2H3,(H,32,36)(H,37,38)/t13?,14-/m0/s1. The highest BCUT2D eigenvalue weighted by atomic mass is 19.4. The summed E-state index contributed by atoms with van der Waals surface area (Å²) in [6.07, 6.45) is -9.57. The molecule has 0 spiro atoms. The van der Waals surface area contributed by atoms with E-state index in [9.17, 15) is 35.9 Å². The average Bonchev–Trinajstić information content (AvgIpc) is 3.37. The molecule has 1 amide bonds. The Balaban J connectivity index is 1.69. The van der Waals surface area contributed by atoms with Gasteiger partial charge in [0.25, 0.3) is 5.91 Å². The average molecular weight is 540 g/mol. The van der Waals surface area contributed by atoms with Gasteiger partial charge in [0, 0.05) is 13.1 Å². The number of nitrogens with one attached hydrogen (secondary N) is 1. The van der Waals surface area contributed by atoms with Gasteiger partial charge < -0.3 is 15.3 Å². The van der Waals surface area contributed by atoms with Crippen molar-refractivity contribution in [2.45, 2.75) is 44.8 Å². The van der Waals surface area contributed by atoms with Crippen molar-refractivity contribution in [2.24, 2.45) is 0 Å². The van der Waals surface area contributed by atoms with Crippen molar-refractivity contribution < 1.29 is 41.0 Å². The minimum Gasteiger partial charge on any atom is -0.478 e. The largest absolute Gasteiger partial charge is 0.478 e. The fourth-order valence-electron chi connectivity index (χ4n) is 4.40. The minimum absolute atomic E-state index is 0.000287. The summed E-state index contributed by atoms with van der Waals surface area (Å²) in [6.45, 7) is 3.07. The first-order chi connectivity index (χ1) is 17.7. The molecular weight excluding hydrogens is 518 g/mol. The maximum Gasteiger partial charge on any atom is 0.436 e. The number of carboxylic acid groups (broad SMARTS) is 1. The molecule has 1 aliphatic heterocycles. The summed E-state index contributed by atoms with van der Waals surface area (Å²) in [6, 6.07) is 8.54. The third-order valence-electron chi connectivity index (χ3n) is 6.22. The number of amides is 1. The van der Waals surface area contributed by atoms with Crippen LogP contribution >= 0.6 is 0 Å². The Morgan fingerprint density at radius 2 is 1.74 bits per heavy atom.